The van der Waals surface area contributed by atoms with Crippen molar-refractivity contribution >= 4 is 46.4 Å². The summed E-state index contributed by atoms with van der Waals surface area (Å²) in [6, 6.07) is 4.82. The number of carbonyl (C=O) groups excluding carboxylic acids is 1. The fourth-order valence-electron chi connectivity index (χ4n) is 6.48. The van der Waals surface area contributed by atoms with Crippen molar-refractivity contribution in [3.05, 3.63) is 70.1 Å². The van der Waals surface area contributed by atoms with Gasteiger partial charge in [0.2, 0.25) is 5.43 Å². The highest BCUT2D eigenvalue weighted by Gasteiger charge is 2.35. The maximum atomic E-state index is 14.6. The molecule has 1 aromatic carbocycles. The first-order valence-electron chi connectivity index (χ1n) is 17.1. The number of anilines is 1. The van der Waals surface area contributed by atoms with Crippen molar-refractivity contribution in [3.8, 4) is 0 Å². The molecule has 2 aromatic heterocycles. The van der Waals surface area contributed by atoms with Crippen LogP contribution in [0.2, 0.25) is 0 Å². The number of Topliss-reactive ketones (excluding diaryl/α,β-unsaturated/α-hetero) is 1. The summed E-state index contributed by atoms with van der Waals surface area (Å²) < 4.78 is 6.33. The number of hydrazine groups is 1. The van der Waals surface area contributed by atoms with E-state index in [0.717, 1.165) is 5.56 Å². The van der Waals surface area contributed by atoms with Crippen LogP contribution in [0.3, 0.4) is 0 Å². The van der Waals surface area contributed by atoms with E-state index in [0.29, 0.717) is 11.0 Å². The number of carbonyl (C=O) groups is 4. The molecular formula is C36H45N7O9. The van der Waals surface area contributed by atoms with Crippen LogP contribution in [0.25, 0.3) is 17.0 Å². The van der Waals surface area contributed by atoms with Gasteiger partial charge < -0.3 is 19.7 Å². The molecule has 0 radical (unpaired) electrons. The molecule has 3 aromatic rings. The van der Waals surface area contributed by atoms with Gasteiger partial charge in [-0.05, 0) is 29.2 Å². The van der Waals surface area contributed by atoms with E-state index < -0.39 is 23.9 Å². The van der Waals surface area contributed by atoms with Crippen LogP contribution in [0.5, 0.6) is 0 Å². The Balaban J connectivity index is 1.61. The molecule has 2 aliphatic rings. The SMILES string of the molecule is CC(C)(C)c1ccc2oc3c(c(=O)c2c1)N(N1CCN(CC(=O)O)CCN(CC(=O)O)CCN(CC(=O)O)CC1)C(CC(=O)c1cnccn1)C=C3. The van der Waals surface area contributed by atoms with Gasteiger partial charge in [-0.15, -0.1) is 0 Å². The molecule has 1 fully saturated rings. The van der Waals surface area contributed by atoms with Crippen LogP contribution in [-0.2, 0) is 19.8 Å². The quantitative estimate of drug-likeness (QED) is 0.256. The number of ketones is 1. The number of hydrogen-bond donors (Lipinski definition) is 3. The first-order valence-corrected chi connectivity index (χ1v) is 17.1. The Labute approximate surface area is 300 Å². The van der Waals surface area contributed by atoms with Crippen molar-refractivity contribution < 1.29 is 38.9 Å². The first-order chi connectivity index (χ1) is 24.7. The Morgan fingerprint density at radius 3 is 1.88 bits per heavy atom. The molecule has 5 rings (SSSR count). The summed E-state index contributed by atoms with van der Waals surface area (Å²) in [5, 5.41) is 32.9. The topological polar surface area (TPSA) is 201 Å². The molecule has 16 nitrogen and oxygen atoms in total. The van der Waals surface area contributed by atoms with Crippen LogP contribution in [0.4, 0.5) is 5.69 Å². The molecular weight excluding hydrogens is 674 g/mol. The molecule has 1 unspecified atom stereocenters. The standard InChI is InChI=1S/C36H45N7O9/c1-36(2,3)24-4-6-29-26(18-24)35(51)34-30(52-29)7-5-25(19-28(44)27-20-37-8-9-38-27)43(34)42-16-14-40(22-32(47)48)12-10-39(21-31(45)46)11-13-41(15-17-42)23-33(49)50/h4-9,18,20,25H,10-17,19,21-23H2,1-3H3,(H,45,46)(H,47,48)(H,49,50). The molecule has 0 spiro atoms. The molecule has 2 aliphatic heterocycles. The van der Waals surface area contributed by atoms with Gasteiger partial charge in [-0.1, -0.05) is 32.9 Å². The average Bonchev–Trinajstić information content (AvgIpc) is 3.08. The Hall–Kier alpha value is -5.03. The van der Waals surface area contributed by atoms with E-state index in [-0.39, 0.29) is 112 Å². The highest BCUT2D eigenvalue weighted by Crippen LogP contribution is 2.34. The number of hydrogen-bond acceptors (Lipinski definition) is 13. The minimum absolute atomic E-state index is 0.0908. The average molecular weight is 720 g/mol. The predicted octanol–water partition coefficient (Wildman–Crippen LogP) is 1.75. The highest BCUT2D eigenvalue weighted by atomic mass is 16.4. The van der Waals surface area contributed by atoms with Gasteiger partial charge in [0.15, 0.2) is 11.5 Å². The summed E-state index contributed by atoms with van der Waals surface area (Å²) in [4.78, 5) is 76.9. The number of fused-ring (bicyclic) bond motifs is 2. The predicted molar refractivity (Wildman–Crippen MR) is 191 cm³/mol. The van der Waals surface area contributed by atoms with Crippen LogP contribution in [0, 0.1) is 0 Å². The number of carboxylic acid groups (broad SMARTS) is 3. The number of aliphatic carboxylic acids is 3. The fraction of sp³-hybridized carbons (Fsp3) is 0.472. The second-order valence-corrected chi connectivity index (χ2v) is 14.1. The highest BCUT2D eigenvalue weighted by molar-refractivity contribution is 5.95. The van der Waals surface area contributed by atoms with E-state index in [1.165, 1.54) is 18.6 Å². The third-order valence-corrected chi connectivity index (χ3v) is 9.21. The molecule has 16 heteroatoms. The largest absolute Gasteiger partial charge is 0.480 e. The van der Waals surface area contributed by atoms with Crippen LogP contribution in [-0.4, -0.2) is 147 Å². The minimum atomic E-state index is -1.06. The zero-order valence-corrected chi connectivity index (χ0v) is 29.6. The molecule has 1 saturated heterocycles. The molecule has 0 aliphatic carbocycles. The lowest BCUT2D eigenvalue weighted by atomic mass is 9.86. The van der Waals surface area contributed by atoms with Gasteiger partial charge in [-0.2, -0.15) is 0 Å². The molecule has 3 N–H and O–H groups in total. The Kier molecular flexibility index (Phi) is 12.2. The van der Waals surface area contributed by atoms with Crippen LogP contribution >= 0.6 is 0 Å². The monoisotopic (exact) mass is 719 g/mol. The van der Waals surface area contributed by atoms with Gasteiger partial charge in [0.1, 0.15) is 17.0 Å². The number of nitrogens with zero attached hydrogens (tertiary/aromatic N) is 7. The number of carboxylic acids is 3. The molecule has 278 valence electrons. The smallest absolute Gasteiger partial charge is 0.317 e. The summed E-state index contributed by atoms with van der Waals surface area (Å²) in [5.74, 6) is -3.20. The number of rotatable bonds is 10. The van der Waals surface area contributed by atoms with Gasteiger partial charge >= 0.3 is 17.9 Å². The first kappa shape index (κ1) is 38.2. The maximum absolute atomic E-state index is 14.6. The lowest BCUT2D eigenvalue weighted by molar-refractivity contribution is -0.140. The van der Waals surface area contributed by atoms with Crippen molar-refractivity contribution in [2.45, 2.75) is 38.6 Å². The Morgan fingerprint density at radius 1 is 0.827 bits per heavy atom. The van der Waals surface area contributed by atoms with E-state index >= 15 is 0 Å². The van der Waals surface area contributed by atoms with Crippen molar-refractivity contribution in [2.75, 3.05) is 77.0 Å². The third kappa shape index (κ3) is 9.64. The van der Waals surface area contributed by atoms with Crippen molar-refractivity contribution in [1.82, 2.24) is 29.7 Å². The zero-order chi connectivity index (χ0) is 37.6. The third-order valence-electron chi connectivity index (χ3n) is 9.21. The fourth-order valence-corrected chi connectivity index (χ4v) is 6.48. The minimum Gasteiger partial charge on any atom is -0.480 e. The van der Waals surface area contributed by atoms with Gasteiger partial charge in [0.05, 0.1) is 37.3 Å². The molecule has 52 heavy (non-hydrogen) atoms. The summed E-state index contributed by atoms with van der Waals surface area (Å²) in [6.07, 6.45) is 7.63. The lowest BCUT2D eigenvalue weighted by Gasteiger charge is -2.44. The summed E-state index contributed by atoms with van der Waals surface area (Å²) >= 11 is 0. The number of benzene rings is 1. The van der Waals surface area contributed by atoms with Gasteiger partial charge in [-0.25, -0.2) is 9.99 Å². The maximum Gasteiger partial charge on any atom is 0.317 e. The summed E-state index contributed by atoms with van der Waals surface area (Å²) in [5.41, 5.74) is 1.10. The van der Waals surface area contributed by atoms with Crippen LogP contribution in [0.1, 0.15) is 49.0 Å². The van der Waals surface area contributed by atoms with Gasteiger partial charge in [-0.3, -0.25) is 48.7 Å². The van der Waals surface area contributed by atoms with Crippen molar-refractivity contribution in [3.63, 3.8) is 0 Å². The van der Waals surface area contributed by atoms with E-state index in [4.69, 9.17) is 4.42 Å². The summed E-state index contributed by atoms with van der Waals surface area (Å²) in [6.45, 7) is 6.87. The van der Waals surface area contributed by atoms with E-state index in [2.05, 4.69) is 9.97 Å². The van der Waals surface area contributed by atoms with E-state index in [9.17, 15) is 39.3 Å². The van der Waals surface area contributed by atoms with Gasteiger partial charge in [0.25, 0.3) is 0 Å². The van der Waals surface area contributed by atoms with E-state index in [1.54, 1.807) is 37.9 Å². The lowest BCUT2D eigenvalue weighted by Crippen LogP contribution is -2.57. The molecule has 0 saturated carbocycles. The molecule has 0 amide bonds. The Morgan fingerprint density at radius 2 is 1.38 bits per heavy atom. The van der Waals surface area contributed by atoms with E-state index in [1.807, 2.05) is 37.9 Å². The summed E-state index contributed by atoms with van der Waals surface area (Å²) in [7, 11) is 0. The second kappa shape index (κ2) is 16.5. The van der Waals surface area contributed by atoms with Crippen molar-refractivity contribution in [1.29, 1.82) is 0 Å². The molecule has 4 heterocycles. The second-order valence-electron chi connectivity index (χ2n) is 14.1. The van der Waals surface area contributed by atoms with Crippen LogP contribution < -0.4 is 10.4 Å². The van der Waals surface area contributed by atoms with Crippen LogP contribution in [0.15, 0.2) is 52.1 Å². The van der Waals surface area contributed by atoms with Gasteiger partial charge in [0, 0.05) is 71.2 Å². The Bertz CT molecular complexity index is 1840. The number of aromatic nitrogens is 2. The molecule has 1 atom stereocenters. The normalized spacial score (nSPS) is 18.8. The zero-order valence-electron chi connectivity index (χ0n) is 29.6. The van der Waals surface area contributed by atoms with Crippen molar-refractivity contribution in [2.24, 2.45) is 0 Å². The molecule has 0 bridgehead atoms.